The van der Waals surface area contributed by atoms with Crippen molar-refractivity contribution in [3.05, 3.63) is 22.7 Å². The molecule has 2 unspecified atom stereocenters. The fraction of sp³-hybridized carbons (Fsp3) is 0.429. The standard InChI is InChI=1S/C14H15BrN2O2/c1-7-4-9-10(5-7)14(19)17(13(9)18)12-3-2-8(16)6-11(12)15/h2-3,6-7,9-10H,4-5,16H2,1H3. The second kappa shape index (κ2) is 4.34. The molecule has 2 atom stereocenters. The highest BCUT2D eigenvalue weighted by Gasteiger charge is 2.52. The predicted octanol–water partition coefficient (Wildman–Crippen LogP) is 2.57. The molecular formula is C14H15BrN2O2. The summed E-state index contributed by atoms with van der Waals surface area (Å²) in [5.74, 6) is 0.0634. The molecule has 1 aliphatic heterocycles. The maximum absolute atomic E-state index is 12.4. The quantitative estimate of drug-likeness (QED) is 0.638. The lowest BCUT2D eigenvalue weighted by Crippen LogP contribution is -2.32. The number of anilines is 2. The molecule has 0 bridgehead atoms. The van der Waals surface area contributed by atoms with Crippen LogP contribution in [0.5, 0.6) is 0 Å². The van der Waals surface area contributed by atoms with Gasteiger partial charge in [-0.15, -0.1) is 0 Å². The van der Waals surface area contributed by atoms with E-state index in [-0.39, 0.29) is 23.7 Å². The minimum Gasteiger partial charge on any atom is -0.399 e. The average Bonchev–Trinajstić information content (AvgIpc) is 2.82. The second-order valence-corrected chi connectivity index (χ2v) is 6.37. The van der Waals surface area contributed by atoms with Crippen molar-refractivity contribution in [1.29, 1.82) is 0 Å². The third-order valence-corrected chi connectivity index (χ3v) is 4.72. The van der Waals surface area contributed by atoms with Gasteiger partial charge in [0.2, 0.25) is 11.8 Å². The number of hydrogen-bond acceptors (Lipinski definition) is 3. The van der Waals surface area contributed by atoms with Gasteiger partial charge in [-0.3, -0.25) is 9.59 Å². The topological polar surface area (TPSA) is 63.4 Å². The number of benzene rings is 1. The molecule has 1 aromatic rings. The summed E-state index contributed by atoms with van der Waals surface area (Å²) in [6, 6.07) is 5.14. The van der Waals surface area contributed by atoms with Gasteiger partial charge in [0.25, 0.3) is 0 Å². The minimum absolute atomic E-state index is 0.0650. The van der Waals surface area contributed by atoms with Crippen molar-refractivity contribution >= 4 is 39.1 Å². The Morgan fingerprint density at radius 2 is 1.79 bits per heavy atom. The van der Waals surface area contributed by atoms with Gasteiger partial charge in [-0.1, -0.05) is 6.92 Å². The molecule has 100 valence electrons. The van der Waals surface area contributed by atoms with Crippen LogP contribution in [-0.4, -0.2) is 11.8 Å². The summed E-state index contributed by atoms with van der Waals surface area (Å²) in [5, 5.41) is 0. The number of imide groups is 1. The van der Waals surface area contributed by atoms with E-state index < -0.39 is 0 Å². The van der Waals surface area contributed by atoms with Crippen LogP contribution in [0.3, 0.4) is 0 Å². The van der Waals surface area contributed by atoms with Crippen LogP contribution < -0.4 is 10.6 Å². The van der Waals surface area contributed by atoms with E-state index >= 15 is 0 Å². The van der Waals surface area contributed by atoms with E-state index in [1.165, 1.54) is 4.90 Å². The molecule has 3 rings (SSSR count). The molecule has 0 spiro atoms. The molecule has 2 N–H and O–H groups in total. The first-order valence-corrected chi connectivity index (χ1v) is 7.21. The fourth-order valence-electron chi connectivity index (χ4n) is 3.22. The lowest BCUT2D eigenvalue weighted by Gasteiger charge is -2.18. The van der Waals surface area contributed by atoms with E-state index in [9.17, 15) is 9.59 Å². The summed E-state index contributed by atoms with van der Waals surface area (Å²) in [4.78, 5) is 26.2. The molecule has 5 heteroatoms. The van der Waals surface area contributed by atoms with Crippen LogP contribution in [0.4, 0.5) is 11.4 Å². The van der Waals surface area contributed by atoms with E-state index in [0.29, 0.717) is 21.8 Å². The summed E-state index contributed by atoms with van der Waals surface area (Å²) in [6.07, 6.45) is 1.64. The van der Waals surface area contributed by atoms with Gasteiger partial charge in [-0.2, -0.15) is 0 Å². The molecule has 1 aromatic carbocycles. The van der Waals surface area contributed by atoms with Crippen LogP contribution in [0.25, 0.3) is 0 Å². The van der Waals surface area contributed by atoms with E-state index in [1.807, 2.05) is 0 Å². The van der Waals surface area contributed by atoms with Gasteiger partial charge >= 0.3 is 0 Å². The first kappa shape index (κ1) is 12.7. The maximum Gasteiger partial charge on any atom is 0.237 e. The first-order chi connectivity index (χ1) is 8.99. The molecule has 4 nitrogen and oxygen atoms in total. The van der Waals surface area contributed by atoms with Crippen molar-refractivity contribution < 1.29 is 9.59 Å². The lowest BCUT2D eigenvalue weighted by atomic mass is 10.00. The number of carbonyl (C=O) groups is 2. The normalized spacial score (nSPS) is 30.0. The Morgan fingerprint density at radius 3 is 2.32 bits per heavy atom. The number of rotatable bonds is 1. The molecule has 2 aliphatic rings. The second-order valence-electron chi connectivity index (χ2n) is 5.51. The van der Waals surface area contributed by atoms with Gasteiger partial charge in [0, 0.05) is 10.2 Å². The van der Waals surface area contributed by atoms with Crippen LogP contribution in [0.15, 0.2) is 22.7 Å². The third-order valence-electron chi connectivity index (χ3n) is 4.09. The highest BCUT2D eigenvalue weighted by molar-refractivity contribution is 9.10. The van der Waals surface area contributed by atoms with E-state index in [4.69, 9.17) is 5.73 Å². The number of nitrogens with zero attached hydrogens (tertiary/aromatic N) is 1. The maximum atomic E-state index is 12.4. The summed E-state index contributed by atoms with van der Waals surface area (Å²) in [7, 11) is 0. The Hall–Kier alpha value is -1.36. The zero-order valence-electron chi connectivity index (χ0n) is 10.6. The van der Waals surface area contributed by atoms with Crippen molar-refractivity contribution in [1.82, 2.24) is 0 Å². The van der Waals surface area contributed by atoms with Crippen molar-refractivity contribution in [2.75, 3.05) is 10.6 Å². The van der Waals surface area contributed by atoms with Gasteiger partial charge in [0.15, 0.2) is 0 Å². The van der Waals surface area contributed by atoms with Crippen LogP contribution in [0.1, 0.15) is 19.8 Å². The molecule has 1 saturated carbocycles. The van der Waals surface area contributed by atoms with Crippen LogP contribution in [-0.2, 0) is 9.59 Å². The monoisotopic (exact) mass is 322 g/mol. The Morgan fingerprint density at radius 1 is 1.21 bits per heavy atom. The minimum atomic E-state index is -0.132. The largest absolute Gasteiger partial charge is 0.399 e. The number of fused-ring (bicyclic) bond motifs is 1. The number of nitrogens with two attached hydrogens (primary N) is 1. The molecule has 1 aliphatic carbocycles. The Bertz CT molecular complexity index is 549. The van der Waals surface area contributed by atoms with Crippen molar-refractivity contribution in [2.24, 2.45) is 17.8 Å². The zero-order valence-corrected chi connectivity index (χ0v) is 12.2. The number of carbonyl (C=O) groups excluding carboxylic acids is 2. The summed E-state index contributed by atoms with van der Waals surface area (Å²) in [5.41, 5.74) is 6.89. The first-order valence-electron chi connectivity index (χ1n) is 6.42. The number of nitrogen functional groups attached to an aromatic ring is 1. The fourth-order valence-corrected chi connectivity index (χ4v) is 3.79. The molecule has 1 saturated heterocycles. The SMILES string of the molecule is CC1CC2C(=O)N(c3ccc(N)cc3Br)C(=O)C2C1. The van der Waals surface area contributed by atoms with Crippen LogP contribution >= 0.6 is 15.9 Å². The van der Waals surface area contributed by atoms with Gasteiger partial charge in [-0.05, 0) is 52.9 Å². The lowest BCUT2D eigenvalue weighted by molar-refractivity contribution is -0.123. The molecule has 1 heterocycles. The molecular weight excluding hydrogens is 308 g/mol. The van der Waals surface area contributed by atoms with Gasteiger partial charge in [-0.25, -0.2) is 4.90 Å². The Balaban J connectivity index is 1.99. The van der Waals surface area contributed by atoms with Gasteiger partial charge in [0.1, 0.15) is 0 Å². The molecule has 0 aromatic heterocycles. The highest BCUT2D eigenvalue weighted by Crippen LogP contribution is 2.45. The number of amides is 2. The molecule has 0 radical (unpaired) electrons. The molecule has 19 heavy (non-hydrogen) atoms. The number of hydrogen-bond donors (Lipinski definition) is 1. The average molecular weight is 323 g/mol. The summed E-state index contributed by atoms with van der Waals surface area (Å²) < 4.78 is 0.683. The van der Waals surface area contributed by atoms with Crippen molar-refractivity contribution in [2.45, 2.75) is 19.8 Å². The van der Waals surface area contributed by atoms with E-state index in [2.05, 4.69) is 22.9 Å². The van der Waals surface area contributed by atoms with E-state index in [0.717, 1.165) is 12.8 Å². The Labute approximate surface area is 120 Å². The zero-order chi connectivity index (χ0) is 13.7. The third kappa shape index (κ3) is 1.87. The molecule has 2 amide bonds. The smallest absolute Gasteiger partial charge is 0.237 e. The van der Waals surface area contributed by atoms with E-state index in [1.54, 1.807) is 18.2 Å². The predicted molar refractivity (Wildman–Crippen MR) is 76.4 cm³/mol. The summed E-state index contributed by atoms with van der Waals surface area (Å²) >= 11 is 3.38. The highest BCUT2D eigenvalue weighted by atomic mass is 79.9. The number of halogens is 1. The van der Waals surface area contributed by atoms with Crippen LogP contribution in [0.2, 0.25) is 0 Å². The van der Waals surface area contributed by atoms with Crippen molar-refractivity contribution in [3.8, 4) is 0 Å². The van der Waals surface area contributed by atoms with Crippen molar-refractivity contribution in [3.63, 3.8) is 0 Å². The van der Waals surface area contributed by atoms with Gasteiger partial charge in [0.05, 0.1) is 17.5 Å². The Kier molecular flexibility index (Phi) is 2.89. The van der Waals surface area contributed by atoms with Crippen LogP contribution in [0, 0.1) is 17.8 Å². The molecule has 2 fully saturated rings. The summed E-state index contributed by atoms with van der Waals surface area (Å²) in [6.45, 7) is 2.10. The van der Waals surface area contributed by atoms with Gasteiger partial charge < -0.3 is 5.73 Å².